The van der Waals surface area contributed by atoms with Gasteiger partial charge in [0.2, 0.25) is 0 Å². The summed E-state index contributed by atoms with van der Waals surface area (Å²) < 4.78 is 34.3. The summed E-state index contributed by atoms with van der Waals surface area (Å²) in [5.41, 5.74) is 6.54. The number of hydrogen-bond donors (Lipinski definition) is 1. The molecule has 0 aliphatic rings. The molecule has 0 atom stereocenters. The quantitative estimate of drug-likeness (QED) is 0.687. The monoisotopic (exact) mass is 384 g/mol. The van der Waals surface area contributed by atoms with Crippen LogP contribution in [0.1, 0.15) is 33.7 Å². The van der Waals surface area contributed by atoms with Gasteiger partial charge in [-0.1, -0.05) is 35.0 Å². The highest BCUT2D eigenvalue weighted by Crippen LogP contribution is 2.31. The van der Waals surface area contributed by atoms with Crippen molar-refractivity contribution in [2.45, 2.75) is 46.4 Å². The molecule has 0 aliphatic carbocycles. The van der Waals surface area contributed by atoms with Crippen molar-refractivity contribution in [3.05, 3.63) is 64.0 Å². The van der Waals surface area contributed by atoms with E-state index in [1.165, 1.54) is 0 Å². The SMILES string of the molecule is Cc1cc(C)c(NS(=O)(=O)c2cc(-c3c(C)noc3C)ccc2C)c(C)c1. The first-order chi connectivity index (χ1) is 12.6. The summed E-state index contributed by atoms with van der Waals surface area (Å²) in [6.45, 7) is 11.3. The van der Waals surface area contributed by atoms with Gasteiger partial charge in [0.25, 0.3) is 10.0 Å². The van der Waals surface area contributed by atoms with E-state index in [4.69, 9.17) is 4.52 Å². The Hall–Kier alpha value is -2.60. The summed E-state index contributed by atoms with van der Waals surface area (Å²) in [7, 11) is -3.74. The van der Waals surface area contributed by atoms with Gasteiger partial charge in [0.15, 0.2) is 0 Å². The maximum atomic E-state index is 13.2. The second kappa shape index (κ2) is 6.85. The molecule has 0 radical (unpaired) electrons. The highest BCUT2D eigenvalue weighted by atomic mass is 32.2. The molecule has 1 heterocycles. The first-order valence-corrected chi connectivity index (χ1v) is 10.2. The molecule has 1 N–H and O–H groups in total. The summed E-state index contributed by atoms with van der Waals surface area (Å²) in [5.74, 6) is 0.665. The van der Waals surface area contributed by atoms with Gasteiger partial charge in [-0.25, -0.2) is 8.42 Å². The van der Waals surface area contributed by atoms with Crippen LogP contribution in [0.2, 0.25) is 0 Å². The van der Waals surface area contributed by atoms with Gasteiger partial charge in [-0.2, -0.15) is 0 Å². The number of sulfonamides is 1. The van der Waals surface area contributed by atoms with Crippen molar-refractivity contribution in [1.82, 2.24) is 5.16 Å². The van der Waals surface area contributed by atoms with Crippen molar-refractivity contribution in [1.29, 1.82) is 0 Å². The molecule has 0 bridgehead atoms. The Morgan fingerprint density at radius 3 is 2.07 bits per heavy atom. The van der Waals surface area contributed by atoms with Crippen LogP contribution in [-0.4, -0.2) is 13.6 Å². The predicted octanol–water partition coefficient (Wildman–Crippen LogP) is 4.99. The van der Waals surface area contributed by atoms with Gasteiger partial charge in [0.05, 0.1) is 16.3 Å². The number of nitrogens with one attached hydrogen (secondary N) is 1. The molecule has 5 nitrogen and oxygen atoms in total. The minimum atomic E-state index is -3.74. The van der Waals surface area contributed by atoms with Crippen LogP contribution in [0.4, 0.5) is 5.69 Å². The van der Waals surface area contributed by atoms with Crippen molar-refractivity contribution in [2.75, 3.05) is 4.72 Å². The van der Waals surface area contributed by atoms with E-state index in [2.05, 4.69) is 9.88 Å². The highest BCUT2D eigenvalue weighted by Gasteiger charge is 2.21. The molecule has 0 saturated carbocycles. The summed E-state index contributed by atoms with van der Waals surface area (Å²) in [6.07, 6.45) is 0. The molecule has 3 rings (SSSR count). The topological polar surface area (TPSA) is 72.2 Å². The minimum absolute atomic E-state index is 0.249. The standard InChI is InChI=1S/C21H24N2O3S/c1-12-9-14(3)21(15(4)10-12)23-27(24,25)19-11-18(8-7-13(19)2)20-16(5)22-26-17(20)6/h7-11,23H,1-6H3. The van der Waals surface area contributed by atoms with Gasteiger partial charge in [0, 0.05) is 5.56 Å². The van der Waals surface area contributed by atoms with Crippen LogP contribution in [0.25, 0.3) is 11.1 Å². The number of nitrogens with zero attached hydrogens (tertiary/aromatic N) is 1. The molecular weight excluding hydrogens is 360 g/mol. The van der Waals surface area contributed by atoms with E-state index < -0.39 is 10.0 Å². The fourth-order valence-corrected chi connectivity index (χ4v) is 4.95. The lowest BCUT2D eigenvalue weighted by molar-refractivity contribution is 0.393. The van der Waals surface area contributed by atoms with Crippen LogP contribution >= 0.6 is 0 Å². The van der Waals surface area contributed by atoms with Gasteiger partial charge in [-0.3, -0.25) is 4.72 Å². The van der Waals surface area contributed by atoms with Gasteiger partial charge >= 0.3 is 0 Å². The van der Waals surface area contributed by atoms with Gasteiger partial charge < -0.3 is 4.52 Å². The Kier molecular flexibility index (Phi) is 4.86. The van der Waals surface area contributed by atoms with Crippen LogP contribution in [0.15, 0.2) is 39.8 Å². The van der Waals surface area contributed by atoms with Gasteiger partial charge in [-0.05, 0) is 69.9 Å². The van der Waals surface area contributed by atoms with Crippen LogP contribution in [-0.2, 0) is 10.0 Å². The first kappa shape index (κ1) is 19.2. The highest BCUT2D eigenvalue weighted by molar-refractivity contribution is 7.92. The van der Waals surface area contributed by atoms with E-state index in [9.17, 15) is 8.42 Å². The van der Waals surface area contributed by atoms with Gasteiger partial charge in [0.1, 0.15) is 5.76 Å². The molecular formula is C21H24N2O3S. The number of hydrogen-bond acceptors (Lipinski definition) is 4. The lowest BCUT2D eigenvalue weighted by Crippen LogP contribution is -2.16. The van der Waals surface area contributed by atoms with Gasteiger partial charge in [-0.15, -0.1) is 0 Å². The second-order valence-electron chi connectivity index (χ2n) is 7.06. The lowest BCUT2D eigenvalue weighted by Gasteiger charge is -2.16. The molecule has 0 spiro atoms. The Balaban J connectivity index is 2.09. The Morgan fingerprint density at radius 1 is 0.889 bits per heavy atom. The molecule has 0 unspecified atom stereocenters. The maximum absolute atomic E-state index is 13.2. The van der Waals surface area contributed by atoms with E-state index in [0.717, 1.165) is 33.5 Å². The first-order valence-electron chi connectivity index (χ1n) is 8.74. The molecule has 27 heavy (non-hydrogen) atoms. The molecule has 142 valence electrons. The third-order valence-electron chi connectivity index (χ3n) is 4.71. The average molecular weight is 385 g/mol. The van der Waals surface area contributed by atoms with E-state index in [1.807, 2.05) is 58.9 Å². The normalized spacial score (nSPS) is 11.6. The fraction of sp³-hybridized carbons (Fsp3) is 0.286. The van der Waals surface area contributed by atoms with E-state index >= 15 is 0 Å². The summed E-state index contributed by atoms with van der Waals surface area (Å²) in [5, 5.41) is 3.97. The van der Waals surface area contributed by atoms with Crippen molar-refractivity contribution in [3.63, 3.8) is 0 Å². The zero-order valence-corrected chi connectivity index (χ0v) is 17.3. The smallest absolute Gasteiger partial charge is 0.262 e. The number of aromatic nitrogens is 1. The number of benzene rings is 2. The summed E-state index contributed by atoms with van der Waals surface area (Å²) in [4.78, 5) is 0.249. The zero-order valence-electron chi connectivity index (χ0n) is 16.5. The van der Waals surface area contributed by atoms with Crippen LogP contribution in [0.5, 0.6) is 0 Å². The van der Waals surface area contributed by atoms with Crippen molar-refractivity contribution >= 4 is 15.7 Å². The predicted molar refractivity (Wildman–Crippen MR) is 108 cm³/mol. The Morgan fingerprint density at radius 2 is 1.52 bits per heavy atom. The number of anilines is 1. The third kappa shape index (κ3) is 3.62. The lowest BCUT2D eigenvalue weighted by atomic mass is 10.0. The Labute approximate surface area is 160 Å². The molecule has 0 fully saturated rings. The fourth-order valence-electron chi connectivity index (χ4n) is 3.47. The van der Waals surface area contributed by atoms with E-state index in [0.29, 0.717) is 17.0 Å². The van der Waals surface area contributed by atoms with Crippen LogP contribution in [0.3, 0.4) is 0 Å². The average Bonchev–Trinajstić information content (AvgIpc) is 2.90. The summed E-state index contributed by atoms with van der Waals surface area (Å²) in [6, 6.07) is 9.33. The van der Waals surface area contributed by atoms with E-state index in [1.54, 1.807) is 13.0 Å². The molecule has 0 aliphatic heterocycles. The van der Waals surface area contributed by atoms with Crippen molar-refractivity contribution < 1.29 is 12.9 Å². The number of rotatable bonds is 4. The number of aryl methyl sites for hydroxylation is 6. The van der Waals surface area contributed by atoms with E-state index in [-0.39, 0.29) is 4.90 Å². The second-order valence-corrected chi connectivity index (χ2v) is 8.71. The molecule has 0 amide bonds. The molecule has 3 aromatic rings. The van der Waals surface area contributed by atoms with Crippen molar-refractivity contribution in [2.24, 2.45) is 0 Å². The molecule has 1 aromatic heterocycles. The van der Waals surface area contributed by atoms with Crippen molar-refractivity contribution in [3.8, 4) is 11.1 Å². The zero-order chi connectivity index (χ0) is 19.9. The Bertz CT molecular complexity index is 1090. The van der Waals surface area contributed by atoms with Crippen LogP contribution < -0.4 is 4.72 Å². The van der Waals surface area contributed by atoms with Crippen LogP contribution in [0, 0.1) is 41.5 Å². The third-order valence-corrected chi connectivity index (χ3v) is 6.20. The maximum Gasteiger partial charge on any atom is 0.262 e. The summed E-state index contributed by atoms with van der Waals surface area (Å²) >= 11 is 0. The molecule has 6 heteroatoms. The largest absolute Gasteiger partial charge is 0.361 e. The molecule has 2 aromatic carbocycles. The molecule has 0 saturated heterocycles. The minimum Gasteiger partial charge on any atom is -0.361 e.